The molecule has 1 aromatic rings. The van der Waals surface area contributed by atoms with E-state index in [0.717, 1.165) is 25.9 Å². The molecule has 1 amide bonds. The summed E-state index contributed by atoms with van der Waals surface area (Å²) in [5.41, 5.74) is -0.417. The Morgan fingerprint density at radius 1 is 1.11 bits per heavy atom. The van der Waals surface area contributed by atoms with Gasteiger partial charge in [0.05, 0.1) is 11.5 Å². The van der Waals surface area contributed by atoms with Crippen LogP contribution in [0.3, 0.4) is 0 Å². The molecule has 0 N–H and O–H groups in total. The summed E-state index contributed by atoms with van der Waals surface area (Å²) in [5, 5.41) is 11.2. The average molecular weight is 410 g/mol. The average Bonchev–Trinajstić information content (AvgIpc) is 2.69. The van der Waals surface area contributed by atoms with Crippen LogP contribution in [0.25, 0.3) is 0 Å². The first-order valence-corrected chi connectivity index (χ1v) is 11.0. The number of nitro groups is 1. The fourth-order valence-corrected chi connectivity index (χ4v) is 5.22. The van der Waals surface area contributed by atoms with Gasteiger partial charge in [0.15, 0.2) is 4.90 Å². The number of hydrogen-bond acceptors (Lipinski definition) is 6. The minimum absolute atomic E-state index is 0.0851. The van der Waals surface area contributed by atoms with Gasteiger partial charge in [0.2, 0.25) is 15.9 Å². The summed E-state index contributed by atoms with van der Waals surface area (Å²) in [5.74, 6) is 0.738. The van der Waals surface area contributed by atoms with Crippen LogP contribution >= 0.6 is 0 Å². The number of benzene rings is 1. The van der Waals surface area contributed by atoms with Gasteiger partial charge in [-0.1, -0.05) is 19.1 Å². The van der Waals surface area contributed by atoms with Crippen molar-refractivity contribution < 1.29 is 18.1 Å². The number of piperidine rings is 1. The number of sulfonamides is 1. The van der Waals surface area contributed by atoms with E-state index in [1.165, 1.54) is 28.6 Å². The SMILES string of the molecule is CC1CCN(C(=O)CN2CCN(S(=O)(=O)c3ccccc3[N+](=O)[O-])CC2)CC1. The third kappa shape index (κ3) is 4.50. The maximum absolute atomic E-state index is 12.8. The molecule has 9 nitrogen and oxygen atoms in total. The lowest BCUT2D eigenvalue weighted by Crippen LogP contribution is -2.52. The van der Waals surface area contributed by atoms with Crippen LogP contribution < -0.4 is 0 Å². The van der Waals surface area contributed by atoms with Crippen molar-refractivity contribution >= 4 is 21.6 Å². The third-order valence-corrected chi connectivity index (χ3v) is 7.45. The van der Waals surface area contributed by atoms with Crippen molar-refractivity contribution in [3.05, 3.63) is 34.4 Å². The molecule has 2 aliphatic heterocycles. The summed E-state index contributed by atoms with van der Waals surface area (Å²) < 4.78 is 27.0. The second kappa shape index (κ2) is 8.54. The standard InChI is InChI=1S/C18H26N4O5S/c1-15-6-8-20(9-7-15)18(23)14-19-10-12-21(13-11-19)28(26,27)17-5-3-2-4-16(17)22(24)25/h2-5,15H,6-14H2,1H3. The largest absolute Gasteiger partial charge is 0.342 e. The van der Waals surface area contributed by atoms with E-state index in [0.29, 0.717) is 19.0 Å². The molecule has 10 heteroatoms. The third-order valence-electron chi connectivity index (χ3n) is 5.51. The predicted octanol–water partition coefficient (Wildman–Crippen LogP) is 1.16. The van der Waals surface area contributed by atoms with Gasteiger partial charge in [0.1, 0.15) is 0 Å². The maximum Gasteiger partial charge on any atom is 0.289 e. The normalized spacial score (nSPS) is 20.2. The highest BCUT2D eigenvalue weighted by molar-refractivity contribution is 7.89. The maximum atomic E-state index is 12.8. The first kappa shape index (κ1) is 20.7. The second-order valence-corrected chi connectivity index (χ2v) is 9.37. The summed E-state index contributed by atoms with van der Waals surface area (Å²) in [6, 6.07) is 5.39. The fourth-order valence-electron chi connectivity index (χ4n) is 3.64. The van der Waals surface area contributed by atoms with Gasteiger partial charge in [0.25, 0.3) is 5.69 Å². The second-order valence-electron chi connectivity index (χ2n) is 7.47. The Morgan fingerprint density at radius 2 is 1.71 bits per heavy atom. The van der Waals surface area contributed by atoms with Gasteiger partial charge < -0.3 is 4.90 Å². The Balaban J connectivity index is 1.59. The molecule has 2 aliphatic rings. The zero-order valence-corrected chi connectivity index (χ0v) is 16.8. The van der Waals surface area contributed by atoms with E-state index < -0.39 is 20.6 Å². The van der Waals surface area contributed by atoms with Crippen molar-refractivity contribution in [1.29, 1.82) is 0 Å². The van der Waals surface area contributed by atoms with Crippen molar-refractivity contribution in [3.8, 4) is 0 Å². The van der Waals surface area contributed by atoms with E-state index in [1.54, 1.807) is 0 Å². The van der Waals surface area contributed by atoms with Crippen molar-refractivity contribution in [3.63, 3.8) is 0 Å². The van der Waals surface area contributed by atoms with E-state index in [1.807, 2.05) is 9.80 Å². The molecule has 2 saturated heterocycles. The topological polar surface area (TPSA) is 104 Å². The molecule has 0 atom stereocenters. The van der Waals surface area contributed by atoms with Crippen molar-refractivity contribution in [2.24, 2.45) is 5.92 Å². The Kier molecular flexibility index (Phi) is 6.31. The van der Waals surface area contributed by atoms with Crippen LogP contribution in [-0.4, -0.2) is 79.2 Å². The molecule has 0 saturated carbocycles. The van der Waals surface area contributed by atoms with Gasteiger partial charge in [0, 0.05) is 45.3 Å². The molecule has 0 radical (unpaired) electrons. The van der Waals surface area contributed by atoms with Gasteiger partial charge in [-0.05, 0) is 24.8 Å². The number of piperazine rings is 1. The van der Waals surface area contributed by atoms with Crippen LogP contribution in [-0.2, 0) is 14.8 Å². The predicted molar refractivity (Wildman–Crippen MR) is 103 cm³/mol. The molecule has 0 aromatic heterocycles. The Morgan fingerprint density at radius 3 is 2.32 bits per heavy atom. The molecule has 0 bridgehead atoms. The number of carbonyl (C=O) groups is 1. The molecular weight excluding hydrogens is 384 g/mol. The van der Waals surface area contributed by atoms with E-state index >= 15 is 0 Å². The summed E-state index contributed by atoms with van der Waals surface area (Å²) in [7, 11) is -3.95. The molecule has 2 heterocycles. The van der Waals surface area contributed by atoms with Gasteiger partial charge in [-0.2, -0.15) is 4.31 Å². The summed E-state index contributed by atoms with van der Waals surface area (Å²) in [6.07, 6.45) is 2.04. The number of amides is 1. The molecule has 0 spiro atoms. The molecule has 1 aromatic carbocycles. The van der Waals surface area contributed by atoms with Crippen LogP contribution in [0, 0.1) is 16.0 Å². The lowest BCUT2D eigenvalue weighted by molar-refractivity contribution is -0.387. The van der Waals surface area contributed by atoms with Crippen LogP contribution in [0.1, 0.15) is 19.8 Å². The summed E-state index contributed by atoms with van der Waals surface area (Å²) >= 11 is 0. The monoisotopic (exact) mass is 410 g/mol. The van der Waals surface area contributed by atoms with E-state index in [9.17, 15) is 23.3 Å². The molecule has 0 aliphatic carbocycles. The van der Waals surface area contributed by atoms with Crippen LogP contribution in [0.2, 0.25) is 0 Å². The van der Waals surface area contributed by atoms with Gasteiger partial charge in [-0.15, -0.1) is 0 Å². The molecule has 28 heavy (non-hydrogen) atoms. The molecule has 3 rings (SSSR count). The van der Waals surface area contributed by atoms with Crippen LogP contribution in [0.5, 0.6) is 0 Å². The quantitative estimate of drug-likeness (QED) is 0.533. The number of nitro benzene ring substituents is 1. The van der Waals surface area contributed by atoms with Crippen LogP contribution in [0.4, 0.5) is 5.69 Å². The fraction of sp³-hybridized carbons (Fsp3) is 0.611. The highest BCUT2D eigenvalue weighted by Gasteiger charge is 2.34. The van der Waals surface area contributed by atoms with Crippen molar-refractivity contribution in [2.45, 2.75) is 24.7 Å². The number of likely N-dealkylation sites (tertiary alicyclic amines) is 1. The number of hydrogen-bond donors (Lipinski definition) is 0. The zero-order valence-electron chi connectivity index (χ0n) is 16.0. The van der Waals surface area contributed by atoms with Gasteiger partial charge in [-0.25, -0.2) is 8.42 Å². The lowest BCUT2D eigenvalue weighted by Gasteiger charge is -2.36. The minimum Gasteiger partial charge on any atom is -0.342 e. The molecule has 2 fully saturated rings. The van der Waals surface area contributed by atoms with E-state index in [2.05, 4.69) is 6.92 Å². The smallest absolute Gasteiger partial charge is 0.289 e. The highest BCUT2D eigenvalue weighted by Crippen LogP contribution is 2.27. The van der Waals surface area contributed by atoms with Crippen molar-refractivity contribution in [2.75, 3.05) is 45.8 Å². The Labute approximate surface area is 165 Å². The van der Waals surface area contributed by atoms with E-state index in [4.69, 9.17) is 0 Å². The van der Waals surface area contributed by atoms with Crippen molar-refractivity contribution in [1.82, 2.24) is 14.1 Å². The lowest BCUT2D eigenvalue weighted by atomic mass is 9.99. The first-order valence-electron chi connectivity index (χ1n) is 9.52. The number of nitrogens with zero attached hydrogens (tertiary/aromatic N) is 4. The highest BCUT2D eigenvalue weighted by atomic mass is 32.2. The summed E-state index contributed by atoms with van der Waals surface area (Å²) in [4.78, 5) is 26.5. The Bertz CT molecular complexity index is 828. The number of rotatable bonds is 5. The minimum atomic E-state index is -3.95. The van der Waals surface area contributed by atoms with Gasteiger partial charge >= 0.3 is 0 Å². The van der Waals surface area contributed by atoms with E-state index in [-0.39, 0.29) is 30.4 Å². The first-order chi connectivity index (χ1) is 13.3. The number of para-hydroxylation sites is 1. The molecule has 154 valence electrons. The zero-order chi connectivity index (χ0) is 20.3. The molecular formula is C18H26N4O5S. The number of carbonyl (C=O) groups excluding carboxylic acids is 1. The molecule has 0 unspecified atom stereocenters. The van der Waals surface area contributed by atoms with Crippen LogP contribution in [0.15, 0.2) is 29.2 Å². The van der Waals surface area contributed by atoms with Gasteiger partial charge in [-0.3, -0.25) is 19.8 Å². The summed E-state index contributed by atoms with van der Waals surface area (Å²) in [6.45, 7) is 5.31. The Hall–Kier alpha value is -2.04.